The highest BCUT2D eigenvalue weighted by atomic mass is 16.5. The molecular weight excluding hydrogens is 202 g/mol. The number of carbonyl (C=O) groups excluding carboxylic acids is 1. The van der Waals surface area contributed by atoms with Gasteiger partial charge in [0, 0.05) is 5.39 Å². The lowest BCUT2D eigenvalue weighted by Crippen LogP contribution is -1.95. The summed E-state index contributed by atoms with van der Waals surface area (Å²) in [7, 11) is 1.52. The minimum atomic E-state index is 0.380. The fourth-order valence-electron chi connectivity index (χ4n) is 1.69. The van der Waals surface area contributed by atoms with Crippen LogP contribution in [-0.2, 0) is 0 Å². The molecule has 0 spiro atoms. The molecule has 82 valence electrons. The Bertz CT molecular complexity index is 561. The smallest absolute Gasteiger partial charge is 0.224 e. The lowest BCUT2D eigenvalue weighted by atomic mass is 10.1. The van der Waals surface area contributed by atoms with E-state index in [0.29, 0.717) is 11.4 Å². The molecule has 0 radical (unpaired) electrons. The Labute approximate surface area is 94.1 Å². The van der Waals surface area contributed by atoms with Crippen molar-refractivity contribution in [2.75, 3.05) is 7.11 Å². The quantitative estimate of drug-likeness (QED) is 0.723. The summed E-state index contributed by atoms with van der Waals surface area (Å²) in [6, 6.07) is 5.84. The van der Waals surface area contributed by atoms with Gasteiger partial charge < -0.3 is 4.74 Å². The van der Waals surface area contributed by atoms with Crippen molar-refractivity contribution in [3.63, 3.8) is 0 Å². The molecule has 1 heterocycles. The molecule has 0 saturated carbocycles. The first-order chi connectivity index (χ1) is 7.65. The van der Waals surface area contributed by atoms with E-state index in [0.717, 1.165) is 17.2 Å². The van der Waals surface area contributed by atoms with Gasteiger partial charge in [0.15, 0.2) is 6.29 Å². The number of aldehydes is 1. The molecule has 1 aromatic heterocycles. The van der Waals surface area contributed by atoms with Gasteiger partial charge in [0.2, 0.25) is 5.88 Å². The second-order valence-corrected chi connectivity index (χ2v) is 3.83. The molecule has 2 rings (SSSR count). The number of benzene rings is 1. The van der Waals surface area contributed by atoms with Crippen LogP contribution in [0.25, 0.3) is 10.9 Å². The van der Waals surface area contributed by atoms with Crippen molar-refractivity contribution in [2.45, 2.75) is 13.8 Å². The van der Waals surface area contributed by atoms with Crippen LogP contribution in [0.15, 0.2) is 18.2 Å². The van der Waals surface area contributed by atoms with Crippen molar-refractivity contribution in [2.24, 2.45) is 0 Å². The number of carbonyl (C=O) groups is 1. The zero-order chi connectivity index (χ0) is 11.7. The Morgan fingerprint density at radius 2 is 1.88 bits per heavy atom. The van der Waals surface area contributed by atoms with Crippen molar-refractivity contribution in [3.05, 3.63) is 34.9 Å². The van der Waals surface area contributed by atoms with Crippen LogP contribution in [-0.4, -0.2) is 18.4 Å². The largest absolute Gasteiger partial charge is 0.480 e. The highest BCUT2D eigenvalue weighted by Crippen LogP contribution is 2.23. The van der Waals surface area contributed by atoms with Gasteiger partial charge in [0.25, 0.3) is 0 Å². The van der Waals surface area contributed by atoms with E-state index in [1.54, 1.807) is 6.07 Å². The molecule has 0 aliphatic rings. The molecule has 16 heavy (non-hydrogen) atoms. The van der Waals surface area contributed by atoms with Gasteiger partial charge in [-0.1, -0.05) is 0 Å². The minimum absolute atomic E-state index is 0.380. The Kier molecular flexibility index (Phi) is 2.60. The maximum Gasteiger partial charge on any atom is 0.224 e. The zero-order valence-electron chi connectivity index (χ0n) is 9.57. The second kappa shape index (κ2) is 3.93. The number of ether oxygens (including phenoxy) is 1. The predicted molar refractivity (Wildman–Crippen MR) is 63.2 cm³/mol. The summed E-state index contributed by atoms with van der Waals surface area (Å²) in [5, 5.41) is 0.964. The summed E-state index contributed by atoms with van der Waals surface area (Å²) in [6.07, 6.45) is 0.764. The van der Waals surface area contributed by atoms with Crippen LogP contribution in [0.2, 0.25) is 0 Å². The van der Waals surface area contributed by atoms with E-state index >= 15 is 0 Å². The summed E-state index contributed by atoms with van der Waals surface area (Å²) in [5.74, 6) is 0.380. The number of fused-ring (bicyclic) bond motifs is 1. The van der Waals surface area contributed by atoms with Crippen LogP contribution in [0, 0.1) is 13.8 Å². The summed E-state index contributed by atoms with van der Waals surface area (Å²) in [6.45, 7) is 4.08. The second-order valence-electron chi connectivity index (χ2n) is 3.83. The third-order valence-electron chi connectivity index (χ3n) is 2.74. The SMILES string of the molecule is COc1nc2cc(C)c(C)cc2cc1C=O. The van der Waals surface area contributed by atoms with Crippen LogP contribution in [0.4, 0.5) is 0 Å². The van der Waals surface area contributed by atoms with E-state index in [9.17, 15) is 4.79 Å². The molecule has 0 amide bonds. The van der Waals surface area contributed by atoms with Crippen molar-refractivity contribution >= 4 is 17.2 Å². The van der Waals surface area contributed by atoms with Crippen molar-refractivity contribution < 1.29 is 9.53 Å². The van der Waals surface area contributed by atoms with Gasteiger partial charge in [0.05, 0.1) is 18.2 Å². The van der Waals surface area contributed by atoms with Crippen molar-refractivity contribution in [1.29, 1.82) is 0 Å². The van der Waals surface area contributed by atoms with Crippen LogP contribution >= 0.6 is 0 Å². The van der Waals surface area contributed by atoms with Gasteiger partial charge >= 0.3 is 0 Å². The third kappa shape index (κ3) is 1.65. The first-order valence-electron chi connectivity index (χ1n) is 5.07. The van der Waals surface area contributed by atoms with E-state index in [1.165, 1.54) is 18.2 Å². The van der Waals surface area contributed by atoms with Crippen molar-refractivity contribution in [1.82, 2.24) is 4.98 Å². The standard InChI is InChI=1S/C13H13NO2/c1-8-4-10-6-11(7-15)13(16-3)14-12(10)5-9(8)2/h4-7H,1-3H3. The zero-order valence-corrected chi connectivity index (χ0v) is 9.57. The number of aromatic nitrogens is 1. The molecule has 3 heteroatoms. The van der Waals surface area contributed by atoms with E-state index in [4.69, 9.17) is 4.74 Å². The molecule has 0 N–H and O–H groups in total. The normalized spacial score (nSPS) is 10.4. The molecule has 0 bridgehead atoms. The number of pyridine rings is 1. The van der Waals surface area contributed by atoms with Crippen molar-refractivity contribution in [3.8, 4) is 5.88 Å². The summed E-state index contributed by atoms with van der Waals surface area (Å²) in [5.41, 5.74) is 3.71. The molecule has 0 fully saturated rings. The number of nitrogens with zero attached hydrogens (tertiary/aromatic N) is 1. The van der Waals surface area contributed by atoms with Crippen LogP contribution in [0.3, 0.4) is 0 Å². The molecule has 1 aromatic carbocycles. The molecule has 0 unspecified atom stereocenters. The monoisotopic (exact) mass is 215 g/mol. The van der Waals surface area contributed by atoms with Crippen LogP contribution in [0.1, 0.15) is 21.5 Å². The first kappa shape index (κ1) is 10.6. The van der Waals surface area contributed by atoms with E-state index in [2.05, 4.69) is 4.98 Å². The molecule has 0 aliphatic heterocycles. The summed E-state index contributed by atoms with van der Waals surface area (Å²) < 4.78 is 5.07. The Balaban J connectivity index is 2.78. The van der Waals surface area contributed by atoms with Gasteiger partial charge in [-0.05, 0) is 43.2 Å². The van der Waals surface area contributed by atoms with E-state index < -0.39 is 0 Å². The minimum Gasteiger partial charge on any atom is -0.480 e. The lowest BCUT2D eigenvalue weighted by molar-refractivity contribution is 0.112. The number of rotatable bonds is 2. The fraction of sp³-hybridized carbons (Fsp3) is 0.231. The van der Waals surface area contributed by atoms with Crippen LogP contribution < -0.4 is 4.74 Å². The lowest BCUT2D eigenvalue weighted by Gasteiger charge is -2.07. The summed E-state index contributed by atoms with van der Waals surface area (Å²) >= 11 is 0. The molecule has 0 aliphatic carbocycles. The highest BCUT2D eigenvalue weighted by molar-refractivity contribution is 5.89. The summed E-state index contributed by atoms with van der Waals surface area (Å²) in [4.78, 5) is 15.2. The third-order valence-corrected chi connectivity index (χ3v) is 2.74. The molecule has 3 nitrogen and oxygen atoms in total. The first-order valence-corrected chi connectivity index (χ1v) is 5.07. The Morgan fingerprint density at radius 1 is 1.19 bits per heavy atom. The average Bonchev–Trinajstić information content (AvgIpc) is 2.29. The molecule has 2 aromatic rings. The maximum atomic E-state index is 10.9. The van der Waals surface area contributed by atoms with Crippen LogP contribution in [0.5, 0.6) is 5.88 Å². The number of aryl methyl sites for hydroxylation is 2. The van der Waals surface area contributed by atoms with E-state index in [1.807, 2.05) is 26.0 Å². The van der Waals surface area contributed by atoms with Gasteiger partial charge in [-0.3, -0.25) is 4.79 Å². The number of hydrogen-bond donors (Lipinski definition) is 0. The molecule has 0 atom stereocenters. The highest BCUT2D eigenvalue weighted by Gasteiger charge is 2.07. The number of methoxy groups -OCH3 is 1. The Morgan fingerprint density at radius 3 is 2.50 bits per heavy atom. The van der Waals surface area contributed by atoms with E-state index in [-0.39, 0.29) is 0 Å². The molecule has 0 saturated heterocycles. The Hall–Kier alpha value is -1.90. The fourth-order valence-corrected chi connectivity index (χ4v) is 1.69. The topological polar surface area (TPSA) is 39.2 Å². The average molecular weight is 215 g/mol. The maximum absolute atomic E-state index is 10.9. The van der Waals surface area contributed by atoms with Gasteiger partial charge in [-0.15, -0.1) is 0 Å². The van der Waals surface area contributed by atoms with Gasteiger partial charge in [0.1, 0.15) is 0 Å². The molecular formula is C13H13NO2. The predicted octanol–water partition coefficient (Wildman–Crippen LogP) is 2.67. The number of hydrogen-bond acceptors (Lipinski definition) is 3. The van der Waals surface area contributed by atoms with Gasteiger partial charge in [-0.25, -0.2) is 4.98 Å². The van der Waals surface area contributed by atoms with Gasteiger partial charge in [-0.2, -0.15) is 0 Å².